The second-order valence-electron chi connectivity index (χ2n) is 2.76. The molecular weight excluding hydrogens is 216 g/mol. The Kier molecular flexibility index (Phi) is 5.06. The Bertz CT molecular complexity index is 316. The summed E-state index contributed by atoms with van der Waals surface area (Å²) in [6.45, 7) is 0.716. The van der Waals surface area contributed by atoms with Gasteiger partial charge in [-0.2, -0.15) is 0 Å². The molecule has 0 aliphatic carbocycles. The van der Waals surface area contributed by atoms with E-state index in [0.29, 0.717) is 6.61 Å². The van der Waals surface area contributed by atoms with Gasteiger partial charge in [-0.1, -0.05) is 0 Å². The predicted molar refractivity (Wildman–Crippen MR) is 56.2 cm³/mol. The zero-order valence-electron chi connectivity index (χ0n) is 8.34. The molecule has 0 amide bonds. The van der Waals surface area contributed by atoms with Crippen LogP contribution in [0.25, 0.3) is 0 Å². The molecule has 0 radical (unpaired) electrons. The SMILES string of the molecule is COCCCSc1ccc(C(=O)O)nn1. The maximum atomic E-state index is 10.5. The lowest BCUT2D eigenvalue weighted by atomic mass is 10.4. The first-order valence-electron chi connectivity index (χ1n) is 4.43. The number of aromatic nitrogens is 2. The largest absolute Gasteiger partial charge is 0.476 e. The van der Waals surface area contributed by atoms with Crippen molar-refractivity contribution in [1.29, 1.82) is 0 Å². The zero-order valence-corrected chi connectivity index (χ0v) is 9.16. The molecule has 0 unspecified atom stereocenters. The number of carboxylic acid groups (broad SMARTS) is 1. The summed E-state index contributed by atoms with van der Waals surface area (Å²) >= 11 is 1.53. The van der Waals surface area contributed by atoms with Crippen molar-refractivity contribution >= 4 is 17.7 Å². The molecule has 0 aliphatic heterocycles. The Labute approximate surface area is 91.9 Å². The van der Waals surface area contributed by atoms with Crippen LogP contribution in [0.15, 0.2) is 17.2 Å². The smallest absolute Gasteiger partial charge is 0.356 e. The molecule has 1 aromatic heterocycles. The highest BCUT2D eigenvalue weighted by Crippen LogP contribution is 2.14. The molecule has 0 saturated carbocycles. The lowest BCUT2D eigenvalue weighted by Gasteiger charge is -1.99. The van der Waals surface area contributed by atoms with Crippen LogP contribution in [0.3, 0.4) is 0 Å². The minimum absolute atomic E-state index is 0.0313. The third-order valence-electron chi connectivity index (χ3n) is 1.60. The number of carbonyl (C=O) groups is 1. The number of rotatable bonds is 6. The lowest BCUT2D eigenvalue weighted by Crippen LogP contribution is -2.01. The molecule has 15 heavy (non-hydrogen) atoms. The Morgan fingerprint density at radius 3 is 2.87 bits per heavy atom. The summed E-state index contributed by atoms with van der Waals surface area (Å²) in [6.07, 6.45) is 0.934. The van der Waals surface area contributed by atoms with Gasteiger partial charge in [0, 0.05) is 19.5 Å². The van der Waals surface area contributed by atoms with E-state index >= 15 is 0 Å². The van der Waals surface area contributed by atoms with Gasteiger partial charge in [0.1, 0.15) is 5.03 Å². The van der Waals surface area contributed by atoms with Crippen LogP contribution in [-0.2, 0) is 4.74 Å². The minimum Gasteiger partial charge on any atom is -0.476 e. The number of carboxylic acids is 1. The number of aromatic carboxylic acids is 1. The summed E-state index contributed by atoms with van der Waals surface area (Å²) in [6, 6.07) is 3.11. The van der Waals surface area contributed by atoms with Crippen molar-refractivity contribution in [3.63, 3.8) is 0 Å². The molecule has 1 rings (SSSR count). The normalized spacial score (nSPS) is 10.2. The molecule has 0 fully saturated rings. The van der Waals surface area contributed by atoms with Gasteiger partial charge in [0.15, 0.2) is 5.69 Å². The van der Waals surface area contributed by atoms with E-state index < -0.39 is 5.97 Å². The lowest BCUT2D eigenvalue weighted by molar-refractivity contribution is 0.0689. The topological polar surface area (TPSA) is 72.3 Å². The molecule has 5 nitrogen and oxygen atoms in total. The summed E-state index contributed by atoms with van der Waals surface area (Å²) in [4.78, 5) is 10.5. The number of methoxy groups -OCH3 is 1. The molecule has 0 atom stereocenters. The van der Waals surface area contributed by atoms with Crippen LogP contribution >= 0.6 is 11.8 Å². The molecule has 0 aliphatic rings. The number of nitrogens with zero attached hydrogens (tertiary/aromatic N) is 2. The maximum absolute atomic E-state index is 10.5. The summed E-state index contributed by atoms with van der Waals surface area (Å²) in [5.41, 5.74) is -0.0313. The minimum atomic E-state index is -1.06. The van der Waals surface area contributed by atoms with Gasteiger partial charge >= 0.3 is 5.97 Å². The summed E-state index contributed by atoms with van der Waals surface area (Å²) < 4.78 is 4.90. The monoisotopic (exact) mass is 228 g/mol. The number of thioether (sulfide) groups is 1. The van der Waals surface area contributed by atoms with Crippen LogP contribution < -0.4 is 0 Å². The Morgan fingerprint density at radius 1 is 1.53 bits per heavy atom. The van der Waals surface area contributed by atoms with Crippen LogP contribution in [0.1, 0.15) is 16.9 Å². The standard InChI is InChI=1S/C9H12N2O3S/c1-14-5-2-6-15-8-4-3-7(9(12)13)10-11-8/h3-4H,2,5-6H2,1H3,(H,12,13). The van der Waals surface area contributed by atoms with Crippen LogP contribution in [0.5, 0.6) is 0 Å². The fraction of sp³-hybridized carbons (Fsp3) is 0.444. The van der Waals surface area contributed by atoms with Crippen LogP contribution in [0, 0.1) is 0 Å². The highest BCUT2D eigenvalue weighted by atomic mass is 32.2. The fourth-order valence-electron chi connectivity index (χ4n) is 0.891. The van der Waals surface area contributed by atoms with E-state index in [1.54, 1.807) is 13.2 Å². The van der Waals surface area contributed by atoms with Gasteiger partial charge < -0.3 is 9.84 Å². The average Bonchev–Trinajstić information content (AvgIpc) is 2.25. The molecule has 1 aromatic rings. The van der Waals surface area contributed by atoms with Crippen molar-refractivity contribution in [3.8, 4) is 0 Å². The second-order valence-corrected chi connectivity index (χ2v) is 3.87. The molecule has 0 saturated heterocycles. The molecule has 0 spiro atoms. The Balaban J connectivity index is 2.39. The number of hydrogen-bond donors (Lipinski definition) is 1. The van der Waals surface area contributed by atoms with E-state index in [9.17, 15) is 4.79 Å². The van der Waals surface area contributed by atoms with Gasteiger partial charge in [0.25, 0.3) is 0 Å². The van der Waals surface area contributed by atoms with Crippen molar-refractivity contribution < 1.29 is 14.6 Å². The Morgan fingerprint density at radius 2 is 2.33 bits per heavy atom. The van der Waals surface area contributed by atoms with E-state index in [-0.39, 0.29) is 5.69 Å². The highest BCUT2D eigenvalue weighted by molar-refractivity contribution is 7.99. The van der Waals surface area contributed by atoms with Gasteiger partial charge in [-0.25, -0.2) is 4.79 Å². The summed E-state index contributed by atoms with van der Waals surface area (Å²) in [5.74, 6) is -0.173. The van der Waals surface area contributed by atoms with Crippen molar-refractivity contribution in [3.05, 3.63) is 17.8 Å². The molecule has 1 heterocycles. The molecule has 0 aromatic carbocycles. The molecular formula is C9H12N2O3S. The van der Waals surface area contributed by atoms with E-state index in [0.717, 1.165) is 17.2 Å². The van der Waals surface area contributed by atoms with Crippen LogP contribution in [0.2, 0.25) is 0 Å². The van der Waals surface area contributed by atoms with Crippen molar-refractivity contribution in [2.24, 2.45) is 0 Å². The van der Waals surface area contributed by atoms with Gasteiger partial charge in [0.2, 0.25) is 0 Å². The molecule has 0 bridgehead atoms. The van der Waals surface area contributed by atoms with Crippen LogP contribution in [-0.4, -0.2) is 40.7 Å². The summed E-state index contributed by atoms with van der Waals surface area (Å²) in [5, 5.41) is 16.7. The zero-order chi connectivity index (χ0) is 11.1. The fourth-order valence-corrected chi connectivity index (χ4v) is 1.63. The van der Waals surface area contributed by atoms with Crippen LogP contribution in [0.4, 0.5) is 0 Å². The Hall–Kier alpha value is -1.14. The first kappa shape index (κ1) is 11.9. The van der Waals surface area contributed by atoms with E-state index in [1.165, 1.54) is 17.8 Å². The highest BCUT2D eigenvalue weighted by Gasteiger charge is 2.04. The quantitative estimate of drug-likeness (QED) is 0.584. The number of hydrogen-bond acceptors (Lipinski definition) is 5. The van der Waals surface area contributed by atoms with Crippen molar-refractivity contribution in [1.82, 2.24) is 10.2 Å². The average molecular weight is 228 g/mol. The third kappa shape index (κ3) is 4.26. The second kappa shape index (κ2) is 6.36. The first-order valence-corrected chi connectivity index (χ1v) is 5.41. The maximum Gasteiger partial charge on any atom is 0.356 e. The molecule has 1 N–H and O–H groups in total. The van der Waals surface area contributed by atoms with E-state index in [1.807, 2.05) is 0 Å². The molecule has 82 valence electrons. The van der Waals surface area contributed by atoms with Gasteiger partial charge in [-0.3, -0.25) is 0 Å². The van der Waals surface area contributed by atoms with E-state index in [4.69, 9.17) is 9.84 Å². The van der Waals surface area contributed by atoms with Crippen molar-refractivity contribution in [2.75, 3.05) is 19.5 Å². The number of ether oxygens (including phenoxy) is 1. The first-order chi connectivity index (χ1) is 7.24. The van der Waals surface area contributed by atoms with E-state index in [2.05, 4.69) is 10.2 Å². The van der Waals surface area contributed by atoms with Crippen molar-refractivity contribution in [2.45, 2.75) is 11.4 Å². The van der Waals surface area contributed by atoms with Gasteiger partial charge in [-0.15, -0.1) is 22.0 Å². The predicted octanol–water partition coefficient (Wildman–Crippen LogP) is 1.30. The molecule has 6 heteroatoms. The summed E-state index contributed by atoms with van der Waals surface area (Å²) in [7, 11) is 1.66. The third-order valence-corrected chi connectivity index (χ3v) is 2.61. The van der Waals surface area contributed by atoms with Gasteiger partial charge in [0.05, 0.1) is 0 Å². The van der Waals surface area contributed by atoms with Gasteiger partial charge in [-0.05, 0) is 18.6 Å².